The lowest BCUT2D eigenvalue weighted by atomic mass is 10.3. The Bertz CT molecular complexity index is 80.1. The average molecular weight is 127 g/mol. The van der Waals surface area contributed by atoms with Gasteiger partial charge in [-0.1, -0.05) is 16.5 Å². The van der Waals surface area contributed by atoms with E-state index >= 15 is 0 Å². The van der Waals surface area contributed by atoms with Crippen LogP contribution in [0.1, 0.15) is 12.8 Å². The average Bonchev–Trinajstić information content (AvgIpc) is 2.14. The summed E-state index contributed by atoms with van der Waals surface area (Å²) in [6.45, 7) is 0. The van der Waals surface area contributed by atoms with Gasteiger partial charge in [-0.3, -0.25) is 0 Å². The summed E-state index contributed by atoms with van der Waals surface area (Å²) < 4.78 is 0.821. The minimum atomic E-state index is -0.224. The molecule has 2 heteroatoms. The summed E-state index contributed by atoms with van der Waals surface area (Å²) in [7, 11) is 5.70. The van der Waals surface area contributed by atoms with Gasteiger partial charge in [-0.15, -0.1) is 6.08 Å². The zero-order valence-electron chi connectivity index (χ0n) is 4.23. The van der Waals surface area contributed by atoms with Gasteiger partial charge in [0.05, 0.1) is 0 Å². The third-order valence-corrected chi connectivity index (χ3v) is 3.58. The zero-order valence-corrected chi connectivity index (χ0v) is 6.40. The molecular weight excluding hydrogens is 120 g/mol. The van der Waals surface area contributed by atoms with Gasteiger partial charge in [0.2, 0.25) is 0 Å². The molecule has 0 saturated carbocycles. The van der Waals surface area contributed by atoms with Gasteiger partial charge in [0.15, 0.2) is 0 Å². The molecule has 1 aliphatic rings. The predicted octanol–water partition coefficient (Wildman–Crippen LogP) is 1.98. The molecule has 0 aromatic heterocycles. The second-order valence-electron chi connectivity index (χ2n) is 1.92. The molecule has 1 aliphatic carbocycles. The van der Waals surface area contributed by atoms with Crippen LogP contribution in [0.5, 0.6) is 0 Å². The van der Waals surface area contributed by atoms with E-state index in [0.717, 1.165) is 4.05 Å². The largest absolute Gasteiger partial charge is 0.508 e. The van der Waals surface area contributed by atoms with E-state index in [0.29, 0.717) is 0 Å². The molecule has 0 aliphatic heterocycles. The topological polar surface area (TPSA) is 0 Å². The van der Waals surface area contributed by atoms with Crippen LogP contribution in [0.3, 0.4) is 0 Å². The summed E-state index contributed by atoms with van der Waals surface area (Å²) >= 11 is -0.224. The van der Waals surface area contributed by atoms with Gasteiger partial charge in [0, 0.05) is 0 Å². The van der Waals surface area contributed by atoms with Gasteiger partial charge in [-0.25, -0.2) is 0 Å². The van der Waals surface area contributed by atoms with Crippen LogP contribution in [-0.4, -0.2) is 19.3 Å². The van der Waals surface area contributed by atoms with E-state index in [1.807, 2.05) is 0 Å². The lowest BCUT2D eigenvalue weighted by Gasteiger charge is -1.93. The Morgan fingerprint density at radius 1 is 1.71 bits per heavy atom. The minimum Gasteiger partial charge on any atom is -0.345 e. The first-order valence-electron chi connectivity index (χ1n) is 2.66. The molecule has 0 N–H and O–H groups in total. The van der Waals surface area contributed by atoms with E-state index < -0.39 is 0 Å². The highest BCUT2D eigenvalue weighted by atomic mass is 35.5. The minimum absolute atomic E-state index is 0.224. The predicted molar refractivity (Wildman–Crippen MR) is 33.7 cm³/mol. The van der Waals surface area contributed by atoms with Gasteiger partial charge >= 0.3 is 19.3 Å². The highest BCUT2D eigenvalue weighted by Crippen LogP contribution is 2.21. The smallest absolute Gasteiger partial charge is 0.345 e. The lowest BCUT2D eigenvalue weighted by Crippen LogP contribution is -1.86. The van der Waals surface area contributed by atoms with Gasteiger partial charge in [0.25, 0.3) is 0 Å². The zero-order chi connectivity index (χ0) is 5.11. The summed E-state index contributed by atoms with van der Waals surface area (Å²) in [4.78, 5) is 0. The monoisotopic (exact) mass is 126 g/mol. The van der Waals surface area contributed by atoms with Crippen LogP contribution in [-0.2, 0) is 0 Å². The van der Waals surface area contributed by atoms with Crippen LogP contribution < -0.4 is 0 Å². The Balaban J connectivity index is 2.28. The Morgan fingerprint density at radius 3 is 2.86 bits per heavy atom. The summed E-state index contributed by atoms with van der Waals surface area (Å²) in [5.74, 6) is 0. The second-order valence-corrected chi connectivity index (χ2v) is 4.20. The van der Waals surface area contributed by atoms with Crippen molar-refractivity contribution in [2.24, 2.45) is 0 Å². The number of allylic oxidation sites excluding steroid dienone is 2. The lowest BCUT2D eigenvalue weighted by molar-refractivity contribution is 0.923. The Labute approximate surface area is 57.4 Å². The molecular formula is C5H7ClMg. The fourth-order valence-electron chi connectivity index (χ4n) is 0.824. The van der Waals surface area contributed by atoms with Crippen LogP contribution in [0.25, 0.3) is 0 Å². The van der Waals surface area contributed by atoms with Gasteiger partial charge in [-0.2, -0.15) is 0 Å². The van der Waals surface area contributed by atoms with Crippen LogP contribution in [0.15, 0.2) is 12.2 Å². The van der Waals surface area contributed by atoms with Crippen molar-refractivity contribution in [2.75, 3.05) is 0 Å². The molecule has 0 bridgehead atoms. The molecule has 0 fully saturated rings. The van der Waals surface area contributed by atoms with Crippen LogP contribution in [0.2, 0.25) is 4.05 Å². The maximum absolute atomic E-state index is 5.70. The maximum atomic E-state index is 5.70. The van der Waals surface area contributed by atoms with Crippen molar-refractivity contribution in [2.45, 2.75) is 16.9 Å². The van der Waals surface area contributed by atoms with Crippen molar-refractivity contribution in [3.05, 3.63) is 12.2 Å². The molecule has 0 aromatic rings. The molecule has 0 amide bonds. The first-order chi connectivity index (χ1) is 3.43. The number of halogens is 1. The Kier molecular flexibility index (Phi) is 2.50. The van der Waals surface area contributed by atoms with Crippen molar-refractivity contribution in [1.29, 1.82) is 0 Å². The summed E-state index contributed by atoms with van der Waals surface area (Å²) in [6, 6.07) is 0. The van der Waals surface area contributed by atoms with E-state index in [-0.39, 0.29) is 19.3 Å². The van der Waals surface area contributed by atoms with Gasteiger partial charge in [-0.05, 0) is 6.42 Å². The van der Waals surface area contributed by atoms with Crippen molar-refractivity contribution >= 4 is 28.3 Å². The highest BCUT2D eigenvalue weighted by Gasteiger charge is 2.09. The van der Waals surface area contributed by atoms with E-state index in [2.05, 4.69) is 12.2 Å². The Hall–Kier alpha value is 0.796. The van der Waals surface area contributed by atoms with E-state index in [9.17, 15) is 0 Å². The van der Waals surface area contributed by atoms with Gasteiger partial charge in [0.1, 0.15) is 0 Å². The van der Waals surface area contributed by atoms with Crippen molar-refractivity contribution in [3.8, 4) is 0 Å². The molecule has 1 atom stereocenters. The van der Waals surface area contributed by atoms with Crippen molar-refractivity contribution in [3.63, 3.8) is 0 Å². The molecule has 0 nitrogen and oxygen atoms in total. The molecule has 0 heterocycles. The molecule has 1 unspecified atom stereocenters. The fraction of sp³-hybridized carbons (Fsp3) is 0.600. The van der Waals surface area contributed by atoms with Crippen LogP contribution >= 0.6 is 9.07 Å². The molecule has 0 spiro atoms. The van der Waals surface area contributed by atoms with E-state index in [4.69, 9.17) is 9.07 Å². The van der Waals surface area contributed by atoms with Crippen molar-refractivity contribution < 1.29 is 0 Å². The molecule has 36 valence electrons. The fourth-order valence-corrected chi connectivity index (χ4v) is 2.28. The summed E-state index contributed by atoms with van der Waals surface area (Å²) in [6.07, 6.45) is 7.10. The van der Waals surface area contributed by atoms with E-state index in [1.54, 1.807) is 0 Å². The maximum Gasteiger partial charge on any atom is 0.508 e. The third kappa shape index (κ3) is 1.63. The number of rotatable bonds is 1. The van der Waals surface area contributed by atoms with Gasteiger partial charge < -0.3 is 9.07 Å². The molecule has 0 aromatic carbocycles. The SMILES string of the molecule is [Cl][Mg][CH]1C=CCC1. The second kappa shape index (κ2) is 2.95. The first kappa shape index (κ1) is 5.92. The summed E-state index contributed by atoms with van der Waals surface area (Å²) in [5.41, 5.74) is 0. The molecule has 0 saturated heterocycles. The van der Waals surface area contributed by atoms with Crippen LogP contribution in [0, 0.1) is 0 Å². The van der Waals surface area contributed by atoms with Crippen LogP contribution in [0.4, 0.5) is 0 Å². The standard InChI is InChI=1S/C5H7.ClH.Mg/c1-2-4-5-3-1;;/h1-3H,4-5H2;1H;/q;;+1/p-1. The summed E-state index contributed by atoms with van der Waals surface area (Å²) in [5, 5.41) is 0. The number of hydrogen-bond donors (Lipinski definition) is 0. The third-order valence-electron chi connectivity index (χ3n) is 1.31. The first-order valence-corrected chi connectivity index (χ1v) is 5.61. The highest BCUT2D eigenvalue weighted by molar-refractivity contribution is 6.94. The Morgan fingerprint density at radius 2 is 2.57 bits per heavy atom. The molecule has 0 radical (unpaired) electrons. The number of hydrogen-bond acceptors (Lipinski definition) is 0. The molecule has 1 rings (SSSR count). The van der Waals surface area contributed by atoms with Crippen molar-refractivity contribution in [1.82, 2.24) is 0 Å². The van der Waals surface area contributed by atoms with E-state index in [1.165, 1.54) is 12.8 Å². The quantitative estimate of drug-likeness (QED) is 0.373. The molecule has 7 heavy (non-hydrogen) atoms. The normalized spacial score (nSPS) is 27.9.